The maximum absolute atomic E-state index is 11.8. The zero-order chi connectivity index (χ0) is 12.5. The van der Waals surface area contributed by atoms with E-state index in [1.165, 1.54) is 12.4 Å². The van der Waals surface area contributed by atoms with E-state index < -0.39 is 10.0 Å². The van der Waals surface area contributed by atoms with Crippen LogP contribution in [0, 0.1) is 18.3 Å². The lowest BCUT2D eigenvalue weighted by Gasteiger charge is -2.03. The van der Waals surface area contributed by atoms with Gasteiger partial charge < -0.3 is 4.98 Å². The fourth-order valence-electron chi connectivity index (χ4n) is 1.17. The Morgan fingerprint density at radius 3 is 2.82 bits per heavy atom. The van der Waals surface area contributed by atoms with Crippen LogP contribution in [0.1, 0.15) is 11.4 Å². The molecule has 0 amide bonds. The first kappa shape index (κ1) is 11.2. The third-order valence-electron chi connectivity index (χ3n) is 1.97. The van der Waals surface area contributed by atoms with Gasteiger partial charge in [0.2, 0.25) is 0 Å². The predicted molar refractivity (Wildman–Crippen MR) is 57.4 cm³/mol. The third kappa shape index (κ3) is 2.11. The smallest absolute Gasteiger partial charge is 0.280 e. The first-order chi connectivity index (χ1) is 8.03. The van der Waals surface area contributed by atoms with Crippen molar-refractivity contribution in [1.29, 1.82) is 5.26 Å². The van der Waals surface area contributed by atoms with Crippen LogP contribution in [0.2, 0.25) is 0 Å². The lowest BCUT2D eigenvalue weighted by atomic mass is 10.4. The minimum absolute atomic E-state index is 0.0275. The fraction of sp³-hybridized carbons (Fsp3) is 0.125. The molecule has 0 unspecified atom stereocenters. The molecule has 0 aromatic carbocycles. The zero-order valence-corrected chi connectivity index (χ0v) is 9.54. The van der Waals surface area contributed by atoms with Gasteiger partial charge in [-0.05, 0) is 6.92 Å². The highest BCUT2D eigenvalue weighted by molar-refractivity contribution is 7.92. The van der Waals surface area contributed by atoms with E-state index in [2.05, 4.69) is 24.9 Å². The second-order valence-electron chi connectivity index (χ2n) is 3.21. The van der Waals surface area contributed by atoms with Gasteiger partial charge in [0.1, 0.15) is 17.5 Å². The number of anilines is 1. The predicted octanol–water partition coefficient (Wildman–Crippen LogP) is 0.114. The number of nitrogens with one attached hydrogen (secondary N) is 3. The van der Waals surface area contributed by atoms with E-state index in [9.17, 15) is 8.42 Å². The van der Waals surface area contributed by atoms with E-state index in [-0.39, 0.29) is 16.4 Å². The van der Waals surface area contributed by atoms with Gasteiger partial charge in [-0.25, -0.2) is 4.98 Å². The first-order valence-electron chi connectivity index (χ1n) is 4.51. The molecule has 0 radical (unpaired) electrons. The quantitative estimate of drug-likeness (QED) is 0.714. The number of aromatic nitrogens is 4. The molecule has 0 saturated heterocycles. The van der Waals surface area contributed by atoms with Crippen LogP contribution in [0.3, 0.4) is 0 Å². The summed E-state index contributed by atoms with van der Waals surface area (Å²) in [5.74, 6) is 0.509. The molecule has 0 atom stereocenters. The van der Waals surface area contributed by atoms with Crippen molar-refractivity contribution in [2.24, 2.45) is 0 Å². The van der Waals surface area contributed by atoms with E-state index in [1.54, 1.807) is 6.92 Å². The fourth-order valence-corrected chi connectivity index (χ4v) is 2.18. The van der Waals surface area contributed by atoms with Crippen molar-refractivity contribution in [2.45, 2.75) is 11.9 Å². The molecule has 2 heterocycles. The number of nitrogens with zero attached hydrogens (tertiary/aromatic N) is 3. The van der Waals surface area contributed by atoms with E-state index in [0.29, 0.717) is 5.82 Å². The number of nitriles is 1. The van der Waals surface area contributed by atoms with Crippen LogP contribution in [0.5, 0.6) is 0 Å². The molecule has 0 spiro atoms. The van der Waals surface area contributed by atoms with Crippen molar-refractivity contribution in [3.8, 4) is 6.07 Å². The van der Waals surface area contributed by atoms with Crippen LogP contribution in [-0.2, 0) is 10.0 Å². The maximum atomic E-state index is 11.8. The monoisotopic (exact) mass is 252 g/mol. The maximum Gasteiger partial charge on any atom is 0.280 e. The molecular weight excluding hydrogens is 244 g/mol. The van der Waals surface area contributed by atoms with Crippen molar-refractivity contribution in [2.75, 3.05) is 4.72 Å². The number of aromatic amines is 2. The molecular formula is C8H8N6O2S. The summed E-state index contributed by atoms with van der Waals surface area (Å²) in [7, 11) is -3.79. The van der Waals surface area contributed by atoms with Crippen molar-refractivity contribution in [3.63, 3.8) is 0 Å². The summed E-state index contributed by atoms with van der Waals surface area (Å²) in [6, 6.07) is 1.81. The lowest BCUT2D eigenvalue weighted by molar-refractivity contribution is 0.598. The Morgan fingerprint density at radius 1 is 1.47 bits per heavy atom. The molecule has 9 heteroatoms. The highest BCUT2D eigenvalue weighted by atomic mass is 32.2. The van der Waals surface area contributed by atoms with Gasteiger partial charge in [-0.3, -0.25) is 9.82 Å². The number of aryl methyl sites for hydroxylation is 1. The number of rotatable bonds is 3. The van der Waals surface area contributed by atoms with Gasteiger partial charge in [-0.1, -0.05) is 0 Å². The van der Waals surface area contributed by atoms with Crippen molar-refractivity contribution < 1.29 is 8.42 Å². The average molecular weight is 252 g/mol. The molecule has 0 aliphatic carbocycles. The second-order valence-corrected chi connectivity index (χ2v) is 4.86. The average Bonchev–Trinajstić information content (AvgIpc) is 2.86. The van der Waals surface area contributed by atoms with Crippen molar-refractivity contribution >= 4 is 15.8 Å². The van der Waals surface area contributed by atoms with Crippen LogP contribution < -0.4 is 4.72 Å². The molecule has 2 aromatic heterocycles. The molecule has 17 heavy (non-hydrogen) atoms. The number of hydrogen-bond donors (Lipinski definition) is 3. The second kappa shape index (κ2) is 3.91. The third-order valence-corrected chi connectivity index (χ3v) is 3.22. The van der Waals surface area contributed by atoms with Gasteiger partial charge >= 0.3 is 0 Å². The summed E-state index contributed by atoms with van der Waals surface area (Å²) in [5.41, 5.74) is 0.116. The van der Waals surface area contributed by atoms with Gasteiger partial charge in [0.05, 0.1) is 12.4 Å². The summed E-state index contributed by atoms with van der Waals surface area (Å²) in [6.07, 6.45) is 2.43. The van der Waals surface area contributed by atoms with Crippen molar-refractivity contribution in [1.82, 2.24) is 20.2 Å². The summed E-state index contributed by atoms with van der Waals surface area (Å²) in [5, 5.41) is 14.6. The van der Waals surface area contributed by atoms with Gasteiger partial charge in [0, 0.05) is 0 Å². The van der Waals surface area contributed by atoms with Crippen LogP contribution in [0.4, 0.5) is 5.82 Å². The van der Waals surface area contributed by atoms with Gasteiger partial charge in [-0.2, -0.15) is 18.8 Å². The van der Waals surface area contributed by atoms with Crippen LogP contribution in [0.25, 0.3) is 0 Å². The topological polar surface area (TPSA) is 127 Å². The number of H-pyrrole nitrogens is 2. The summed E-state index contributed by atoms with van der Waals surface area (Å²) < 4.78 is 25.9. The number of sulfonamides is 1. The Morgan fingerprint density at radius 2 is 2.24 bits per heavy atom. The lowest BCUT2D eigenvalue weighted by Crippen LogP contribution is -2.14. The molecule has 0 fully saturated rings. The first-order valence-corrected chi connectivity index (χ1v) is 5.99. The minimum atomic E-state index is -3.79. The molecule has 3 N–H and O–H groups in total. The van der Waals surface area contributed by atoms with Gasteiger partial charge in [0.25, 0.3) is 10.0 Å². The molecule has 0 aliphatic rings. The summed E-state index contributed by atoms with van der Waals surface area (Å²) in [6.45, 7) is 1.63. The molecule has 2 rings (SSSR count). The highest BCUT2D eigenvalue weighted by Crippen LogP contribution is 2.15. The normalized spacial score (nSPS) is 11.1. The van der Waals surface area contributed by atoms with Crippen LogP contribution >= 0.6 is 0 Å². The molecule has 8 nitrogen and oxygen atoms in total. The highest BCUT2D eigenvalue weighted by Gasteiger charge is 2.19. The number of imidazole rings is 1. The van der Waals surface area contributed by atoms with Gasteiger partial charge in [0.15, 0.2) is 10.8 Å². The zero-order valence-electron chi connectivity index (χ0n) is 8.72. The molecule has 88 valence electrons. The Kier molecular flexibility index (Phi) is 2.57. The Bertz CT molecular complexity index is 677. The Hall–Kier alpha value is -2.34. The summed E-state index contributed by atoms with van der Waals surface area (Å²) >= 11 is 0. The van der Waals surface area contributed by atoms with E-state index in [4.69, 9.17) is 5.26 Å². The van der Waals surface area contributed by atoms with Crippen molar-refractivity contribution in [3.05, 3.63) is 23.8 Å². The Balaban J connectivity index is 2.34. The van der Waals surface area contributed by atoms with Crippen LogP contribution in [0.15, 0.2) is 17.4 Å². The van der Waals surface area contributed by atoms with E-state index in [0.717, 1.165) is 0 Å². The number of hydrogen-bond acceptors (Lipinski definition) is 5. The van der Waals surface area contributed by atoms with Gasteiger partial charge in [-0.15, -0.1) is 0 Å². The summed E-state index contributed by atoms with van der Waals surface area (Å²) in [4.78, 5) is 6.38. The Labute approximate surface area is 96.7 Å². The standard InChI is InChI=1S/C8H8N6O2S/c1-5-10-4-7(12-5)17(15,16)14-8-6(2-9)3-11-13-8/h3-4H,1H3,(H,10,12)(H2,11,13,14). The van der Waals surface area contributed by atoms with E-state index in [1.807, 2.05) is 6.07 Å². The molecule has 0 saturated carbocycles. The SMILES string of the molecule is Cc1ncc(S(=O)(=O)Nc2[nH]ncc2C#N)[nH]1. The van der Waals surface area contributed by atoms with Crippen LogP contribution in [-0.4, -0.2) is 28.6 Å². The van der Waals surface area contributed by atoms with E-state index >= 15 is 0 Å². The molecule has 2 aromatic rings. The molecule has 0 bridgehead atoms. The molecule has 0 aliphatic heterocycles. The minimum Gasteiger partial charge on any atom is -0.332 e. The largest absolute Gasteiger partial charge is 0.332 e.